The van der Waals surface area contributed by atoms with Crippen LogP contribution in [0.4, 0.5) is 0 Å². The zero-order valence-corrected chi connectivity index (χ0v) is 23.1. The standard InChI is InChI=1S/C19H16PS.C6H12N3P.Au/c1-16-9-8-14-19(15-16)20(21,17-10-4-2-5-11-17)18-12-6-3-7-13-18;1-7-2-9-3-8(1)5-10(4-7)6-9;/h2-14H,1H3;1-6H2;/q-1;;+1/p+1. The van der Waals surface area contributed by atoms with Crippen molar-refractivity contribution in [3.05, 3.63) is 90.5 Å². The van der Waals surface area contributed by atoms with E-state index in [1.54, 1.807) is 0 Å². The summed E-state index contributed by atoms with van der Waals surface area (Å²) in [5, 5.41) is 3.57. The fourth-order valence-electron chi connectivity index (χ4n) is 4.84. The first-order valence-corrected chi connectivity index (χ1v) is 15.7. The normalized spacial score (nSPS) is 25.4. The molecule has 0 unspecified atom stereocenters. The molecule has 32 heavy (non-hydrogen) atoms. The molecule has 170 valence electrons. The fourth-order valence-corrected chi connectivity index (χ4v) is 11.4. The first-order chi connectivity index (χ1) is 15.1. The van der Waals surface area contributed by atoms with Gasteiger partial charge < -0.3 is 0 Å². The van der Waals surface area contributed by atoms with Crippen molar-refractivity contribution in [2.75, 3.05) is 38.9 Å². The van der Waals surface area contributed by atoms with Crippen molar-refractivity contribution in [2.45, 2.75) is 6.92 Å². The van der Waals surface area contributed by atoms with Gasteiger partial charge in [-0.1, -0.05) is 79.4 Å². The van der Waals surface area contributed by atoms with E-state index in [0.29, 0.717) is 0 Å². The monoisotopic (exact) mass is 662 g/mol. The van der Waals surface area contributed by atoms with Crippen LogP contribution in [-0.2, 0) is 34.2 Å². The predicted molar refractivity (Wildman–Crippen MR) is 139 cm³/mol. The number of aryl methyl sites for hydroxylation is 1. The zero-order chi connectivity index (χ0) is 21.3. The van der Waals surface area contributed by atoms with Gasteiger partial charge in [-0.2, -0.15) is 29.8 Å². The molecule has 3 aromatic rings. The maximum Gasteiger partial charge on any atom is 1.00 e. The number of hydrogen-bond donors (Lipinski definition) is 0. The van der Waals surface area contributed by atoms with Gasteiger partial charge in [-0.25, -0.2) is 14.7 Å². The summed E-state index contributed by atoms with van der Waals surface area (Å²) in [5.41, 5.74) is 1.13. The van der Waals surface area contributed by atoms with E-state index in [4.69, 9.17) is 11.8 Å². The summed E-state index contributed by atoms with van der Waals surface area (Å²) in [5.74, 6) is 0. The molecule has 0 amide bonds. The van der Waals surface area contributed by atoms with Gasteiger partial charge in [0.05, 0.1) is 20.0 Å². The minimum atomic E-state index is -2.03. The van der Waals surface area contributed by atoms with Crippen LogP contribution in [0.3, 0.4) is 0 Å². The van der Waals surface area contributed by atoms with Crippen LogP contribution >= 0.6 is 14.0 Å². The summed E-state index contributed by atoms with van der Waals surface area (Å²) in [6, 6.07) is 28.6. The molecule has 4 fully saturated rings. The minimum Gasteiger partial charge on any atom is -0.245 e. The summed E-state index contributed by atoms with van der Waals surface area (Å²) in [6.45, 7) is 5.83. The molecule has 0 spiro atoms. The Morgan fingerprint density at radius 1 is 0.719 bits per heavy atom. The Labute approximate surface area is 214 Å². The summed E-state index contributed by atoms with van der Waals surface area (Å²) in [6.07, 6.45) is 4.37. The predicted octanol–water partition coefficient (Wildman–Crippen LogP) is 3.44. The van der Waals surface area contributed by atoms with Gasteiger partial charge in [0.2, 0.25) is 0 Å². The molecule has 4 saturated heterocycles. The number of nitrogens with zero attached hydrogens (tertiary/aromatic N) is 3. The molecule has 3 aromatic carbocycles. The van der Waals surface area contributed by atoms with Crippen LogP contribution < -0.4 is 15.9 Å². The molecule has 4 bridgehead atoms. The molecule has 0 atom stereocenters. The molecule has 7 heteroatoms. The third-order valence-corrected chi connectivity index (χ3v) is 13.6. The summed E-state index contributed by atoms with van der Waals surface area (Å²) >= 11 is 6.24. The van der Waals surface area contributed by atoms with Crippen molar-refractivity contribution in [1.82, 2.24) is 14.7 Å². The van der Waals surface area contributed by atoms with Gasteiger partial charge in [0.15, 0.2) is 0 Å². The van der Waals surface area contributed by atoms with Gasteiger partial charge in [0.25, 0.3) is 0 Å². The molecular weight excluding hydrogens is 633 g/mol. The van der Waals surface area contributed by atoms with E-state index in [0.717, 1.165) is 10.9 Å². The molecule has 4 aliphatic heterocycles. The second kappa shape index (κ2) is 10.7. The average Bonchev–Trinajstić information content (AvgIpc) is 2.79. The Balaban J connectivity index is 0.000000185. The Bertz CT molecular complexity index is 981. The molecule has 0 radical (unpaired) electrons. The maximum absolute atomic E-state index is 6.24. The van der Waals surface area contributed by atoms with Crippen molar-refractivity contribution < 1.29 is 22.4 Å². The first-order valence-electron chi connectivity index (χ1n) is 10.8. The molecule has 0 saturated carbocycles. The number of benzene rings is 3. The van der Waals surface area contributed by atoms with Gasteiger partial charge >= 0.3 is 22.4 Å². The Kier molecular flexibility index (Phi) is 8.22. The smallest absolute Gasteiger partial charge is 0.245 e. The van der Waals surface area contributed by atoms with Gasteiger partial charge in [0.1, 0.15) is 18.9 Å². The van der Waals surface area contributed by atoms with Gasteiger partial charge in [-0.15, -0.1) is 5.30 Å². The molecule has 7 rings (SSSR count). The third-order valence-electron chi connectivity index (χ3n) is 6.05. The molecule has 4 aliphatic rings. The largest absolute Gasteiger partial charge is 1.00 e. The van der Waals surface area contributed by atoms with Crippen LogP contribution in [-0.4, -0.2) is 53.6 Å². The van der Waals surface area contributed by atoms with Crippen LogP contribution in [0.1, 0.15) is 5.56 Å². The van der Waals surface area contributed by atoms with E-state index in [2.05, 4.69) is 94.4 Å². The fraction of sp³-hybridized carbons (Fsp3) is 0.280. The molecule has 3 nitrogen and oxygen atoms in total. The van der Waals surface area contributed by atoms with Crippen LogP contribution in [0.2, 0.25) is 0 Å². The Morgan fingerprint density at radius 2 is 1.19 bits per heavy atom. The summed E-state index contributed by atoms with van der Waals surface area (Å²) in [4.78, 5) is 7.76. The minimum absolute atomic E-state index is 0. The van der Waals surface area contributed by atoms with Crippen molar-refractivity contribution in [3.63, 3.8) is 0 Å². The summed E-state index contributed by atoms with van der Waals surface area (Å²) in [7, 11) is 0.0297. The van der Waals surface area contributed by atoms with Crippen molar-refractivity contribution in [3.8, 4) is 0 Å². The van der Waals surface area contributed by atoms with E-state index in [1.807, 2.05) is 12.1 Å². The Hall–Kier alpha value is -0.640. The van der Waals surface area contributed by atoms with Crippen LogP contribution in [0.25, 0.3) is 0 Å². The van der Waals surface area contributed by atoms with Crippen LogP contribution in [0, 0.1) is 13.0 Å². The first kappa shape index (κ1) is 24.5. The van der Waals surface area contributed by atoms with E-state index in [9.17, 15) is 0 Å². The topological polar surface area (TPSA) is 9.72 Å². The van der Waals surface area contributed by atoms with Gasteiger partial charge in [-0.3, -0.25) is 0 Å². The second-order valence-corrected chi connectivity index (χ2v) is 15.5. The summed E-state index contributed by atoms with van der Waals surface area (Å²) < 4.78 is 0. The molecule has 0 aromatic heterocycles. The second-order valence-electron chi connectivity index (χ2n) is 8.66. The van der Waals surface area contributed by atoms with E-state index in [-0.39, 0.29) is 30.3 Å². The molecule has 0 aliphatic carbocycles. The average molecular weight is 663 g/mol. The number of rotatable bonds is 3. The SMILES string of the molecule is C1N2CN3CN1C[PH+](C2)C3.Cc1[c-]c(P(=S)(c2ccccc2)c2ccccc2)ccc1.[Au+]. The van der Waals surface area contributed by atoms with Crippen molar-refractivity contribution in [1.29, 1.82) is 0 Å². The molecule has 0 N–H and O–H groups in total. The van der Waals surface area contributed by atoms with Crippen LogP contribution in [0.15, 0.2) is 78.9 Å². The number of hydrogen-bond acceptors (Lipinski definition) is 4. The van der Waals surface area contributed by atoms with E-state index < -0.39 is 6.04 Å². The van der Waals surface area contributed by atoms with Crippen LogP contribution in [0.5, 0.6) is 0 Å². The van der Waals surface area contributed by atoms with E-state index in [1.165, 1.54) is 49.5 Å². The maximum atomic E-state index is 6.24. The zero-order valence-electron chi connectivity index (χ0n) is 18.2. The van der Waals surface area contributed by atoms with Gasteiger partial charge in [0, 0.05) is 14.0 Å². The van der Waals surface area contributed by atoms with Crippen molar-refractivity contribution in [2.24, 2.45) is 0 Å². The third kappa shape index (κ3) is 5.20. The quantitative estimate of drug-likeness (QED) is 0.242. The van der Waals surface area contributed by atoms with E-state index >= 15 is 0 Å². The van der Waals surface area contributed by atoms with Crippen molar-refractivity contribution >= 4 is 41.7 Å². The Morgan fingerprint density at radius 3 is 1.59 bits per heavy atom. The molecular formula is C25H29AuN3P2S+. The molecule has 4 heterocycles. The van der Waals surface area contributed by atoms with Gasteiger partial charge in [-0.05, 0) is 10.6 Å².